The summed E-state index contributed by atoms with van der Waals surface area (Å²) >= 11 is 0. The lowest BCUT2D eigenvalue weighted by Crippen LogP contribution is -2.01. The minimum absolute atomic E-state index is 0.0243. The Morgan fingerprint density at radius 2 is 2.00 bits per heavy atom. The summed E-state index contributed by atoms with van der Waals surface area (Å²) < 4.78 is 3.93. The first-order chi connectivity index (χ1) is 5.81. The molecule has 1 aliphatic rings. The van der Waals surface area contributed by atoms with Crippen LogP contribution in [0.25, 0.3) is 0 Å². The van der Waals surface area contributed by atoms with Crippen molar-refractivity contribution in [1.82, 2.24) is 0 Å². The molecule has 0 bridgehead atoms. The van der Waals surface area contributed by atoms with E-state index in [9.17, 15) is 0 Å². The van der Waals surface area contributed by atoms with Gasteiger partial charge in [-0.25, -0.2) is 0 Å². The zero-order chi connectivity index (χ0) is 9.23. The fourth-order valence-corrected chi connectivity index (χ4v) is 1.35. The van der Waals surface area contributed by atoms with Gasteiger partial charge in [-0.1, -0.05) is 39.0 Å². The number of carbonyl (C=O) groups excluding carboxylic acids is 1. The molecule has 3 heteroatoms. The highest BCUT2D eigenvalue weighted by Gasteiger charge is 2.05. The molecule has 0 saturated heterocycles. The highest BCUT2D eigenvalue weighted by atomic mass is 16.5. The maximum atomic E-state index is 9.10. The van der Waals surface area contributed by atoms with E-state index in [1.54, 1.807) is 0 Å². The fraction of sp³-hybridized carbons (Fsp3) is 0.889. The molecule has 0 amide bonds. The van der Waals surface area contributed by atoms with Gasteiger partial charge in [0.1, 0.15) is 6.73 Å². The van der Waals surface area contributed by atoms with Gasteiger partial charge in [-0.2, -0.15) is 0 Å². The molecule has 1 fully saturated rings. The third-order valence-electron chi connectivity index (χ3n) is 2.06. The summed E-state index contributed by atoms with van der Waals surface area (Å²) in [6.45, 7) is 2.64. The van der Waals surface area contributed by atoms with Gasteiger partial charge >= 0.3 is 0 Å². The predicted molar refractivity (Wildman–Crippen MR) is 48.5 cm³/mol. The van der Waals surface area contributed by atoms with Crippen LogP contribution in [0.1, 0.15) is 39.0 Å². The molecular weight excluding hydrogens is 154 g/mol. The van der Waals surface area contributed by atoms with E-state index in [0.29, 0.717) is 6.47 Å². The molecule has 0 atom stereocenters. The van der Waals surface area contributed by atoms with Crippen molar-refractivity contribution in [2.45, 2.75) is 39.0 Å². The Balaban J connectivity index is 0.000000217. The molecule has 0 spiro atoms. The predicted octanol–water partition coefficient (Wildman–Crippen LogP) is 1.66. The number of nitrogens with two attached hydrogens (primary N) is 1. The van der Waals surface area contributed by atoms with Crippen molar-refractivity contribution < 1.29 is 9.53 Å². The maximum Gasteiger partial charge on any atom is 0.294 e. The highest BCUT2D eigenvalue weighted by Crippen LogP contribution is 2.21. The average Bonchev–Trinajstić information content (AvgIpc) is 2.08. The first kappa shape index (κ1) is 11.4. The minimum atomic E-state index is -0.0243. The molecule has 1 rings (SSSR count). The van der Waals surface area contributed by atoms with Crippen LogP contribution in [-0.4, -0.2) is 13.2 Å². The molecule has 0 aliphatic heterocycles. The molecule has 12 heavy (non-hydrogen) atoms. The second-order valence-electron chi connectivity index (χ2n) is 3.17. The lowest BCUT2D eigenvalue weighted by molar-refractivity contribution is -0.128. The molecule has 3 nitrogen and oxygen atoms in total. The maximum absolute atomic E-state index is 9.10. The first-order valence-electron chi connectivity index (χ1n) is 4.56. The second-order valence-corrected chi connectivity index (χ2v) is 3.17. The van der Waals surface area contributed by atoms with Gasteiger partial charge in [0.05, 0.1) is 0 Å². The fourth-order valence-electron chi connectivity index (χ4n) is 1.35. The standard InChI is InChI=1S/C7H14.C2H5NO2/c1-7-5-3-2-4-6-7;3-1-5-2-4/h7H,2-6H2,1H3;2H,1,3H2. The van der Waals surface area contributed by atoms with Crippen LogP contribution in [0.15, 0.2) is 0 Å². The van der Waals surface area contributed by atoms with Gasteiger partial charge in [0.25, 0.3) is 6.47 Å². The number of hydrogen-bond donors (Lipinski definition) is 1. The molecule has 0 heterocycles. The Morgan fingerprint density at radius 3 is 2.17 bits per heavy atom. The molecular formula is C9H19NO2. The van der Waals surface area contributed by atoms with Crippen molar-refractivity contribution in [3.63, 3.8) is 0 Å². The van der Waals surface area contributed by atoms with Crippen LogP contribution < -0.4 is 5.73 Å². The van der Waals surface area contributed by atoms with E-state index in [0.717, 1.165) is 5.92 Å². The van der Waals surface area contributed by atoms with Crippen LogP contribution in [0.5, 0.6) is 0 Å². The summed E-state index contributed by atoms with van der Waals surface area (Å²) in [6.07, 6.45) is 7.44. The second kappa shape index (κ2) is 8.53. The summed E-state index contributed by atoms with van der Waals surface area (Å²) in [7, 11) is 0. The molecule has 1 saturated carbocycles. The SMILES string of the molecule is CC1CCCCC1.NCOC=O. The monoisotopic (exact) mass is 173 g/mol. The Morgan fingerprint density at radius 1 is 1.42 bits per heavy atom. The number of ether oxygens (including phenoxy) is 1. The third-order valence-corrected chi connectivity index (χ3v) is 2.06. The quantitative estimate of drug-likeness (QED) is 0.510. The van der Waals surface area contributed by atoms with Gasteiger partial charge in [0.2, 0.25) is 0 Å². The minimum Gasteiger partial charge on any atom is -0.452 e. The first-order valence-corrected chi connectivity index (χ1v) is 4.56. The zero-order valence-corrected chi connectivity index (χ0v) is 7.79. The molecule has 0 aromatic rings. The summed E-state index contributed by atoms with van der Waals surface area (Å²) in [5.74, 6) is 1.04. The van der Waals surface area contributed by atoms with Gasteiger partial charge in [-0.3, -0.25) is 10.5 Å². The summed E-state index contributed by atoms with van der Waals surface area (Å²) in [5, 5.41) is 0. The normalized spacial score (nSPS) is 17.5. The van der Waals surface area contributed by atoms with E-state index >= 15 is 0 Å². The van der Waals surface area contributed by atoms with Crippen LogP contribution in [0.2, 0.25) is 0 Å². The number of hydrogen-bond acceptors (Lipinski definition) is 3. The van der Waals surface area contributed by atoms with Crippen LogP contribution in [0.3, 0.4) is 0 Å². The van der Waals surface area contributed by atoms with Crippen molar-refractivity contribution in [2.75, 3.05) is 6.73 Å². The van der Waals surface area contributed by atoms with Crippen LogP contribution in [0.4, 0.5) is 0 Å². The van der Waals surface area contributed by atoms with Crippen molar-refractivity contribution in [1.29, 1.82) is 0 Å². The van der Waals surface area contributed by atoms with E-state index in [1.165, 1.54) is 32.1 Å². The van der Waals surface area contributed by atoms with Crippen molar-refractivity contribution in [2.24, 2.45) is 11.7 Å². The smallest absolute Gasteiger partial charge is 0.294 e. The Bertz CT molecular complexity index is 101. The van der Waals surface area contributed by atoms with Gasteiger partial charge in [0.15, 0.2) is 0 Å². The van der Waals surface area contributed by atoms with E-state index < -0.39 is 0 Å². The van der Waals surface area contributed by atoms with E-state index in [-0.39, 0.29) is 6.73 Å². The van der Waals surface area contributed by atoms with Gasteiger partial charge < -0.3 is 4.74 Å². The van der Waals surface area contributed by atoms with Crippen LogP contribution >= 0.6 is 0 Å². The van der Waals surface area contributed by atoms with Crippen molar-refractivity contribution >= 4 is 6.47 Å². The highest BCUT2D eigenvalue weighted by molar-refractivity contribution is 5.36. The van der Waals surface area contributed by atoms with Crippen LogP contribution in [-0.2, 0) is 9.53 Å². The summed E-state index contributed by atoms with van der Waals surface area (Å²) in [4.78, 5) is 9.10. The third kappa shape index (κ3) is 7.54. The topological polar surface area (TPSA) is 52.3 Å². The number of rotatable bonds is 2. The molecule has 1 aliphatic carbocycles. The Kier molecular flexibility index (Phi) is 8.12. The summed E-state index contributed by atoms with van der Waals surface area (Å²) in [5.41, 5.74) is 4.69. The zero-order valence-electron chi connectivity index (χ0n) is 7.79. The van der Waals surface area contributed by atoms with Gasteiger partial charge in [0, 0.05) is 0 Å². The molecule has 72 valence electrons. The molecule has 2 N–H and O–H groups in total. The molecule has 0 unspecified atom stereocenters. The Hall–Kier alpha value is -0.570. The summed E-state index contributed by atoms with van der Waals surface area (Å²) in [6, 6.07) is 0. The number of carbonyl (C=O) groups is 1. The van der Waals surface area contributed by atoms with E-state index in [1.807, 2.05) is 0 Å². The lowest BCUT2D eigenvalue weighted by Gasteiger charge is -2.15. The molecule has 0 aromatic carbocycles. The largest absolute Gasteiger partial charge is 0.452 e. The lowest BCUT2D eigenvalue weighted by atomic mass is 9.91. The van der Waals surface area contributed by atoms with Crippen molar-refractivity contribution in [3.8, 4) is 0 Å². The van der Waals surface area contributed by atoms with E-state index in [2.05, 4.69) is 17.4 Å². The molecule has 0 radical (unpaired) electrons. The average molecular weight is 173 g/mol. The van der Waals surface area contributed by atoms with Crippen molar-refractivity contribution in [3.05, 3.63) is 0 Å². The van der Waals surface area contributed by atoms with Gasteiger partial charge in [-0.15, -0.1) is 0 Å². The van der Waals surface area contributed by atoms with Gasteiger partial charge in [-0.05, 0) is 5.92 Å². The van der Waals surface area contributed by atoms with Crippen LogP contribution in [0, 0.1) is 5.92 Å². The molecule has 0 aromatic heterocycles. The van der Waals surface area contributed by atoms with E-state index in [4.69, 9.17) is 4.79 Å². The Labute approximate surface area is 74.3 Å².